The lowest BCUT2D eigenvalue weighted by atomic mass is 9.98. The third-order valence-electron chi connectivity index (χ3n) is 3.50. The van der Waals surface area contributed by atoms with Gasteiger partial charge < -0.3 is 5.32 Å². The summed E-state index contributed by atoms with van der Waals surface area (Å²) in [5, 5.41) is 8.10. The van der Waals surface area contributed by atoms with Crippen LogP contribution in [0.25, 0.3) is 0 Å². The minimum Gasteiger partial charge on any atom is -0.305 e. The first-order valence-electron chi connectivity index (χ1n) is 7.29. The summed E-state index contributed by atoms with van der Waals surface area (Å²) in [6.07, 6.45) is 2.96. The number of halogens is 2. The van der Waals surface area contributed by atoms with E-state index in [0.29, 0.717) is 0 Å². The maximum atomic E-state index is 4.50. The van der Waals surface area contributed by atoms with Crippen molar-refractivity contribution in [2.75, 3.05) is 6.54 Å². The molecule has 0 bridgehead atoms. The van der Waals surface area contributed by atoms with Crippen LogP contribution in [0, 0.1) is 6.92 Å². The first-order chi connectivity index (χ1) is 10.1. The van der Waals surface area contributed by atoms with E-state index in [1.807, 2.05) is 6.20 Å². The van der Waals surface area contributed by atoms with E-state index in [1.54, 1.807) is 0 Å². The minimum absolute atomic E-state index is 0.135. The van der Waals surface area contributed by atoms with Crippen molar-refractivity contribution in [3.8, 4) is 0 Å². The van der Waals surface area contributed by atoms with Gasteiger partial charge in [-0.3, -0.25) is 4.68 Å². The maximum Gasteiger partial charge on any atom is 0.0762 e. The van der Waals surface area contributed by atoms with Crippen LogP contribution in [-0.4, -0.2) is 16.3 Å². The van der Waals surface area contributed by atoms with Crippen molar-refractivity contribution in [2.45, 2.75) is 39.8 Å². The van der Waals surface area contributed by atoms with E-state index in [9.17, 15) is 0 Å². The zero-order valence-electron chi connectivity index (χ0n) is 12.7. The molecular weight excluding hydrogens is 394 g/mol. The van der Waals surface area contributed by atoms with Gasteiger partial charge in [0.25, 0.3) is 0 Å². The molecule has 0 aliphatic carbocycles. The molecule has 0 fully saturated rings. The highest BCUT2D eigenvalue weighted by atomic mass is 79.9. The highest BCUT2D eigenvalue weighted by molar-refractivity contribution is 9.10. The van der Waals surface area contributed by atoms with Gasteiger partial charge >= 0.3 is 0 Å². The molecule has 1 aromatic carbocycles. The quantitative estimate of drug-likeness (QED) is 0.733. The molecule has 2 aromatic rings. The number of aryl methyl sites for hydroxylation is 2. The van der Waals surface area contributed by atoms with E-state index in [4.69, 9.17) is 0 Å². The third kappa shape index (κ3) is 3.76. The lowest BCUT2D eigenvalue weighted by Gasteiger charge is -2.22. The molecule has 1 unspecified atom stereocenters. The molecule has 0 aliphatic rings. The summed E-state index contributed by atoms with van der Waals surface area (Å²) >= 11 is 7.25. The molecule has 0 saturated carbocycles. The predicted molar refractivity (Wildman–Crippen MR) is 94.6 cm³/mol. The maximum absolute atomic E-state index is 4.50. The normalized spacial score (nSPS) is 12.6. The smallest absolute Gasteiger partial charge is 0.0762 e. The van der Waals surface area contributed by atoms with E-state index >= 15 is 0 Å². The lowest BCUT2D eigenvalue weighted by molar-refractivity contribution is 0.518. The summed E-state index contributed by atoms with van der Waals surface area (Å²) in [5.74, 6) is 0. The molecule has 114 valence electrons. The number of hydrogen-bond donors (Lipinski definition) is 1. The summed E-state index contributed by atoms with van der Waals surface area (Å²) < 4.78 is 4.25. The SMILES string of the molecule is CCCn1ncc(Br)c1C(NCC)c1cc(Br)ccc1C. The van der Waals surface area contributed by atoms with Gasteiger partial charge in [0.05, 0.1) is 22.4 Å². The Hall–Kier alpha value is -0.650. The molecule has 0 spiro atoms. The van der Waals surface area contributed by atoms with Crippen molar-refractivity contribution in [3.05, 3.63) is 50.2 Å². The lowest BCUT2D eigenvalue weighted by Crippen LogP contribution is -2.26. The Kier molecular flexibility index (Phi) is 6.02. The zero-order chi connectivity index (χ0) is 15.4. The van der Waals surface area contributed by atoms with Gasteiger partial charge in [0, 0.05) is 11.0 Å². The van der Waals surface area contributed by atoms with Crippen molar-refractivity contribution >= 4 is 31.9 Å². The fraction of sp³-hybridized carbons (Fsp3) is 0.438. The van der Waals surface area contributed by atoms with Gasteiger partial charge in [-0.25, -0.2) is 0 Å². The fourth-order valence-corrected chi connectivity index (χ4v) is 3.43. The van der Waals surface area contributed by atoms with Gasteiger partial charge in [-0.15, -0.1) is 0 Å². The second kappa shape index (κ2) is 7.56. The van der Waals surface area contributed by atoms with E-state index in [0.717, 1.165) is 28.5 Å². The molecule has 2 rings (SSSR count). The monoisotopic (exact) mass is 413 g/mol. The Morgan fingerprint density at radius 3 is 2.71 bits per heavy atom. The molecule has 3 nitrogen and oxygen atoms in total. The highest BCUT2D eigenvalue weighted by Gasteiger charge is 2.22. The highest BCUT2D eigenvalue weighted by Crippen LogP contribution is 2.32. The number of hydrogen-bond acceptors (Lipinski definition) is 2. The molecule has 0 saturated heterocycles. The summed E-state index contributed by atoms with van der Waals surface area (Å²) in [7, 11) is 0. The Bertz CT molecular complexity index is 608. The van der Waals surface area contributed by atoms with Crippen molar-refractivity contribution in [1.82, 2.24) is 15.1 Å². The van der Waals surface area contributed by atoms with Crippen molar-refractivity contribution in [3.63, 3.8) is 0 Å². The largest absolute Gasteiger partial charge is 0.305 e. The first kappa shape index (κ1) is 16.7. The number of nitrogens with zero attached hydrogens (tertiary/aromatic N) is 2. The molecule has 1 atom stereocenters. The Morgan fingerprint density at radius 2 is 2.05 bits per heavy atom. The molecule has 21 heavy (non-hydrogen) atoms. The standard InChI is InChI=1S/C16H21Br2N3/c1-4-8-21-16(14(18)10-20-21)15(19-5-2)13-9-12(17)7-6-11(13)3/h6-7,9-10,15,19H,4-5,8H2,1-3H3. The second-order valence-corrected chi connectivity index (χ2v) is 6.86. The molecule has 1 heterocycles. The molecule has 1 N–H and O–H groups in total. The second-order valence-electron chi connectivity index (χ2n) is 5.09. The van der Waals surface area contributed by atoms with Crippen LogP contribution in [0.3, 0.4) is 0 Å². The summed E-state index contributed by atoms with van der Waals surface area (Å²) in [5.41, 5.74) is 3.75. The van der Waals surface area contributed by atoms with E-state index in [2.05, 4.69) is 85.9 Å². The van der Waals surface area contributed by atoms with Crippen LogP contribution in [0.5, 0.6) is 0 Å². The average molecular weight is 415 g/mol. The van der Waals surface area contributed by atoms with Crippen LogP contribution in [0.15, 0.2) is 33.3 Å². The summed E-state index contributed by atoms with van der Waals surface area (Å²) in [4.78, 5) is 0. The zero-order valence-corrected chi connectivity index (χ0v) is 15.8. The Morgan fingerprint density at radius 1 is 1.29 bits per heavy atom. The Balaban J connectivity index is 2.53. The first-order valence-corrected chi connectivity index (χ1v) is 8.87. The average Bonchev–Trinajstić information content (AvgIpc) is 2.81. The molecule has 0 radical (unpaired) electrons. The topological polar surface area (TPSA) is 29.9 Å². The van der Waals surface area contributed by atoms with Crippen LogP contribution < -0.4 is 5.32 Å². The molecule has 1 aromatic heterocycles. The number of rotatable bonds is 6. The van der Waals surface area contributed by atoms with Crippen LogP contribution in [0.1, 0.15) is 43.1 Å². The third-order valence-corrected chi connectivity index (χ3v) is 4.61. The van der Waals surface area contributed by atoms with Crippen LogP contribution in [-0.2, 0) is 6.54 Å². The fourth-order valence-electron chi connectivity index (χ4n) is 2.53. The van der Waals surface area contributed by atoms with Gasteiger partial charge in [-0.2, -0.15) is 5.10 Å². The van der Waals surface area contributed by atoms with Crippen LogP contribution in [0.2, 0.25) is 0 Å². The van der Waals surface area contributed by atoms with Crippen molar-refractivity contribution in [1.29, 1.82) is 0 Å². The predicted octanol–water partition coefficient (Wildman–Crippen LogP) is 4.83. The van der Waals surface area contributed by atoms with Crippen molar-refractivity contribution in [2.24, 2.45) is 0 Å². The molecular formula is C16H21Br2N3. The molecule has 0 amide bonds. The molecule has 5 heteroatoms. The summed E-state index contributed by atoms with van der Waals surface area (Å²) in [6.45, 7) is 8.29. The van der Waals surface area contributed by atoms with E-state index < -0.39 is 0 Å². The van der Waals surface area contributed by atoms with Crippen LogP contribution in [0.4, 0.5) is 0 Å². The van der Waals surface area contributed by atoms with Gasteiger partial charge in [-0.1, -0.05) is 35.8 Å². The van der Waals surface area contributed by atoms with Crippen molar-refractivity contribution < 1.29 is 0 Å². The van der Waals surface area contributed by atoms with E-state index in [1.165, 1.54) is 16.8 Å². The summed E-state index contributed by atoms with van der Waals surface area (Å²) in [6, 6.07) is 6.56. The Labute approximate surface area is 143 Å². The molecule has 0 aliphatic heterocycles. The van der Waals surface area contributed by atoms with Gasteiger partial charge in [0.15, 0.2) is 0 Å². The number of aromatic nitrogens is 2. The minimum atomic E-state index is 0.135. The van der Waals surface area contributed by atoms with Gasteiger partial charge in [-0.05, 0) is 59.1 Å². The van der Waals surface area contributed by atoms with Crippen LogP contribution >= 0.6 is 31.9 Å². The number of benzene rings is 1. The number of nitrogens with one attached hydrogen (secondary N) is 1. The van der Waals surface area contributed by atoms with Gasteiger partial charge in [0.1, 0.15) is 0 Å². The van der Waals surface area contributed by atoms with E-state index in [-0.39, 0.29) is 6.04 Å². The van der Waals surface area contributed by atoms with Gasteiger partial charge in [0.2, 0.25) is 0 Å².